The molecule has 0 fully saturated rings. The summed E-state index contributed by atoms with van der Waals surface area (Å²) in [6.07, 6.45) is 0. The highest BCUT2D eigenvalue weighted by Gasteiger charge is 2.18. The van der Waals surface area contributed by atoms with E-state index in [0.29, 0.717) is 29.5 Å². The van der Waals surface area contributed by atoms with E-state index in [9.17, 15) is 4.79 Å². The van der Waals surface area contributed by atoms with Crippen LogP contribution in [0, 0.1) is 6.92 Å². The number of nitrogens with one attached hydrogen (secondary N) is 2. The first kappa shape index (κ1) is 12.9. The first-order valence-electron chi connectivity index (χ1n) is 5.75. The summed E-state index contributed by atoms with van der Waals surface area (Å²) >= 11 is 6.04. The Balaban J connectivity index is 2.31. The van der Waals surface area contributed by atoms with E-state index in [4.69, 9.17) is 16.0 Å². The van der Waals surface area contributed by atoms with Gasteiger partial charge in [0.25, 0.3) is 5.91 Å². The number of carbonyl (C=O) groups excluding carboxylic acids is 1. The largest absolute Gasteiger partial charge is 0.449 e. The van der Waals surface area contributed by atoms with E-state index in [1.165, 1.54) is 0 Å². The third-order valence-electron chi connectivity index (χ3n) is 2.78. The minimum Gasteiger partial charge on any atom is -0.449 e. The van der Waals surface area contributed by atoms with Gasteiger partial charge in [0.05, 0.1) is 5.02 Å². The molecule has 0 aliphatic rings. The molecule has 0 aliphatic carbocycles. The van der Waals surface area contributed by atoms with Crippen LogP contribution >= 0.6 is 11.6 Å². The fourth-order valence-corrected chi connectivity index (χ4v) is 2.02. The smallest absolute Gasteiger partial charge is 0.287 e. The highest BCUT2D eigenvalue weighted by atomic mass is 35.5. The Labute approximate surface area is 110 Å². The number of hydrogen-bond acceptors (Lipinski definition) is 3. The molecule has 0 saturated heterocycles. The van der Waals surface area contributed by atoms with Gasteiger partial charge in [-0.2, -0.15) is 0 Å². The number of rotatable bonds is 4. The van der Waals surface area contributed by atoms with Crippen molar-refractivity contribution in [3.8, 4) is 0 Å². The first-order valence-corrected chi connectivity index (χ1v) is 6.13. The number of carbonyl (C=O) groups is 1. The van der Waals surface area contributed by atoms with Crippen molar-refractivity contribution in [2.24, 2.45) is 0 Å². The second-order valence-corrected chi connectivity index (χ2v) is 4.44. The van der Waals surface area contributed by atoms with Crippen molar-refractivity contribution in [2.45, 2.75) is 6.92 Å². The molecule has 0 unspecified atom stereocenters. The van der Waals surface area contributed by atoms with Gasteiger partial charge in [-0.15, -0.1) is 0 Å². The minimum absolute atomic E-state index is 0.213. The summed E-state index contributed by atoms with van der Waals surface area (Å²) in [4.78, 5) is 11.9. The second kappa shape index (κ2) is 5.42. The van der Waals surface area contributed by atoms with Crippen molar-refractivity contribution in [2.75, 3.05) is 20.1 Å². The van der Waals surface area contributed by atoms with Gasteiger partial charge < -0.3 is 15.1 Å². The molecule has 2 aromatic rings. The zero-order valence-corrected chi connectivity index (χ0v) is 11.1. The fourth-order valence-electron chi connectivity index (χ4n) is 1.81. The van der Waals surface area contributed by atoms with Gasteiger partial charge in [0.15, 0.2) is 11.3 Å². The first-order chi connectivity index (χ1) is 8.65. The summed E-state index contributed by atoms with van der Waals surface area (Å²) in [6.45, 7) is 3.13. The standard InChI is InChI=1S/C13H15ClN2O2/c1-8-9-4-3-5-10(14)12(9)18-11(8)13(17)16-7-6-15-2/h3-5,15H,6-7H2,1-2H3,(H,16,17). The SMILES string of the molecule is CNCCNC(=O)c1oc2c(Cl)cccc2c1C. The van der Waals surface area contributed by atoms with Crippen LogP contribution in [0.4, 0.5) is 0 Å². The number of benzene rings is 1. The molecule has 0 atom stereocenters. The van der Waals surface area contributed by atoms with Crippen LogP contribution in [0.25, 0.3) is 11.0 Å². The quantitative estimate of drug-likeness (QED) is 0.836. The number of hydrogen-bond donors (Lipinski definition) is 2. The maximum absolute atomic E-state index is 11.9. The molecule has 1 aromatic carbocycles. The molecule has 0 saturated carbocycles. The minimum atomic E-state index is -0.213. The van der Waals surface area contributed by atoms with Gasteiger partial charge in [0.2, 0.25) is 0 Å². The number of amides is 1. The van der Waals surface area contributed by atoms with Gasteiger partial charge in [0, 0.05) is 24.0 Å². The van der Waals surface area contributed by atoms with Crippen LogP contribution in [-0.2, 0) is 0 Å². The molecule has 4 nitrogen and oxygen atoms in total. The fraction of sp³-hybridized carbons (Fsp3) is 0.308. The van der Waals surface area contributed by atoms with E-state index in [1.54, 1.807) is 6.07 Å². The number of fused-ring (bicyclic) bond motifs is 1. The Kier molecular flexibility index (Phi) is 3.89. The van der Waals surface area contributed by atoms with Crippen molar-refractivity contribution >= 4 is 28.5 Å². The van der Waals surface area contributed by atoms with Crippen molar-refractivity contribution in [3.05, 3.63) is 34.5 Å². The molecule has 1 aromatic heterocycles. The van der Waals surface area contributed by atoms with E-state index >= 15 is 0 Å². The van der Waals surface area contributed by atoms with Crippen LogP contribution in [0.2, 0.25) is 5.02 Å². The molecule has 2 N–H and O–H groups in total. The Morgan fingerprint density at radius 2 is 2.17 bits per heavy atom. The van der Waals surface area contributed by atoms with Gasteiger partial charge in [-0.25, -0.2) is 0 Å². The van der Waals surface area contributed by atoms with Crippen LogP contribution in [-0.4, -0.2) is 26.0 Å². The maximum Gasteiger partial charge on any atom is 0.287 e. The summed E-state index contributed by atoms with van der Waals surface area (Å²) in [6, 6.07) is 5.48. The zero-order valence-electron chi connectivity index (χ0n) is 10.3. The number of likely N-dealkylation sites (N-methyl/N-ethyl adjacent to an activating group) is 1. The monoisotopic (exact) mass is 266 g/mol. The topological polar surface area (TPSA) is 54.3 Å². The Hall–Kier alpha value is -1.52. The number of aryl methyl sites for hydroxylation is 1. The maximum atomic E-state index is 11.9. The predicted octanol–water partition coefficient (Wildman–Crippen LogP) is 2.34. The van der Waals surface area contributed by atoms with E-state index in [-0.39, 0.29) is 5.91 Å². The third-order valence-corrected chi connectivity index (χ3v) is 3.08. The highest BCUT2D eigenvalue weighted by Crippen LogP contribution is 2.30. The summed E-state index contributed by atoms with van der Waals surface area (Å²) in [5.74, 6) is 0.115. The van der Waals surface area contributed by atoms with E-state index < -0.39 is 0 Å². The van der Waals surface area contributed by atoms with Crippen molar-refractivity contribution in [3.63, 3.8) is 0 Å². The number of furan rings is 1. The Morgan fingerprint density at radius 1 is 1.39 bits per heavy atom. The van der Waals surface area contributed by atoms with Gasteiger partial charge >= 0.3 is 0 Å². The van der Waals surface area contributed by atoms with E-state index in [2.05, 4.69) is 10.6 Å². The van der Waals surface area contributed by atoms with Crippen LogP contribution in [0.3, 0.4) is 0 Å². The molecule has 2 rings (SSSR count). The van der Waals surface area contributed by atoms with Crippen molar-refractivity contribution < 1.29 is 9.21 Å². The normalized spacial score (nSPS) is 10.8. The van der Waals surface area contributed by atoms with Gasteiger partial charge in [-0.3, -0.25) is 4.79 Å². The second-order valence-electron chi connectivity index (χ2n) is 4.03. The van der Waals surface area contributed by atoms with Crippen LogP contribution in [0.15, 0.2) is 22.6 Å². The molecule has 1 amide bonds. The van der Waals surface area contributed by atoms with E-state index in [0.717, 1.165) is 10.9 Å². The highest BCUT2D eigenvalue weighted by molar-refractivity contribution is 6.35. The molecular formula is C13H15ClN2O2. The van der Waals surface area contributed by atoms with Crippen molar-refractivity contribution in [1.82, 2.24) is 10.6 Å². The van der Waals surface area contributed by atoms with Crippen LogP contribution in [0.1, 0.15) is 16.1 Å². The van der Waals surface area contributed by atoms with Gasteiger partial charge in [-0.05, 0) is 20.0 Å². The van der Waals surface area contributed by atoms with E-state index in [1.807, 2.05) is 26.1 Å². The average Bonchev–Trinajstić information content (AvgIpc) is 2.69. The van der Waals surface area contributed by atoms with Crippen LogP contribution < -0.4 is 10.6 Å². The predicted molar refractivity (Wildman–Crippen MR) is 72.2 cm³/mol. The number of halogens is 1. The Bertz CT molecular complexity index is 578. The van der Waals surface area contributed by atoms with Gasteiger partial charge in [0.1, 0.15) is 0 Å². The molecule has 0 aliphatic heterocycles. The van der Waals surface area contributed by atoms with Gasteiger partial charge in [-0.1, -0.05) is 23.7 Å². The molecule has 1 heterocycles. The average molecular weight is 267 g/mol. The zero-order chi connectivity index (χ0) is 13.1. The summed E-state index contributed by atoms with van der Waals surface area (Å²) in [7, 11) is 1.83. The lowest BCUT2D eigenvalue weighted by Gasteiger charge is -2.02. The lowest BCUT2D eigenvalue weighted by atomic mass is 10.1. The lowest BCUT2D eigenvalue weighted by Crippen LogP contribution is -2.30. The lowest BCUT2D eigenvalue weighted by molar-refractivity contribution is 0.0928. The number of para-hydroxylation sites is 1. The summed E-state index contributed by atoms with van der Waals surface area (Å²) in [5.41, 5.74) is 1.38. The molecule has 96 valence electrons. The third kappa shape index (κ3) is 2.35. The molecular weight excluding hydrogens is 252 g/mol. The summed E-state index contributed by atoms with van der Waals surface area (Å²) < 4.78 is 5.56. The van der Waals surface area contributed by atoms with Crippen molar-refractivity contribution in [1.29, 1.82) is 0 Å². The molecule has 0 bridgehead atoms. The molecule has 18 heavy (non-hydrogen) atoms. The molecule has 0 spiro atoms. The molecule has 0 radical (unpaired) electrons. The summed E-state index contributed by atoms with van der Waals surface area (Å²) in [5, 5.41) is 7.14. The Morgan fingerprint density at radius 3 is 2.83 bits per heavy atom. The molecule has 5 heteroatoms. The van der Waals surface area contributed by atoms with Crippen LogP contribution in [0.5, 0.6) is 0 Å².